The molecule has 0 bridgehead atoms. The summed E-state index contributed by atoms with van der Waals surface area (Å²) in [7, 11) is 0. The molecule has 1 aliphatic carbocycles. The van der Waals surface area contributed by atoms with Gasteiger partial charge in [0.25, 0.3) is 0 Å². The number of allylic oxidation sites excluding steroid dienone is 2. The molecule has 1 aliphatic rings. The molecular weight excluding hydrogens is 186 g/mol. The molecule has 0 amide bonds. The lowest BCUT2D eigenvalue weighted by atomic mass is 10.2. The molecule has 0 radical (unpaired) electrons. The lowest BCUT2D eigenvalue weighted by Crippen LogP contribution is -2.20. The first kappa shape index (κ1) is 9.97. The molecule has 15 heavy (non-hydrogen) atoms. The van der Waals surface area contributed by atoms with Gasteiger partial charge in [-0.25, -0.2) is 0 Å². The number of nitrogens with zero attached hydrogens (tertiary/aromatic N) is 1. The molecule has 2 rings (SSSR count). The Hall–Kier alpha value is -1.57. The van der Waals surface area contributed by atoms with Crippen LogP contribution in [-0.4, -0.2) is 12.3 Å². The van der Waals surface area contributed by atoms with Gasteiger partial charge in [-0.1, -0.05) is 18.2 Å². The number of ketones is 1. The van der Waals surface area contributed by atoms with Crippen LogP contribution < -0.4 is 4.90 Å². The Bertz CT molecular complexity index is 381. The first-order chi connectivity index (χ1) is 7.31. The highest BCUT2D eigenvalue weighted by Gasteiger charge is 2.17. The van der Waals surface area contributed by atoms with Crippen molar-refractivity contribution in [1.29, 1.82) is 0 Å². The highest BCUT2D eigenvalue weighted by atomic mass is 16.1. The van der Waals surface area contributed by atoms with Crippen LogP contribution in [0, 0.1) is 0 Å². The van der Waals surface area contributed by atoms with Crippen molar-refractivity contribution >= 4 is 11.5 Å². The number of benzene rings is 1. The zero-order chi connectivity index (χ0) is 10.7. The third-order valence-electron chi connectivity index (χ3n) is 2.69. The van der Waals surface area contributed by atoms with E-state index >= 15 is 0 Å². The first-order valence-electron chi connectivity index (χ1n) is 5.37. The van der Waals surface area contributed by atoms with Gasteiger partial charge in [-0.3, -0.25) is 4.79 Å². The minimum absolute atomic E-state index is 0.249. The molecule has 0 N–H and O–H groups in total. The van der Waals surface area contributed by atoms with Gasteiger partial charge in [-0.2, -0.15) is 0 Å². The van der Waals surface area contributed by atoms with Crippen molar-refractivity contribution in [2.24, 2.45) is 0 Å². The van der Waals surface area contributed by atoms with Gasteiger partial charge in [0.15, 0.2) is 5.78 Å². The van der Waals surface area contributed by atoms with Crippen molar-refractivity contribution in [3.8, 4) is 0 Å². The summed E-state index contributed by atoms with van der Waals surface area (Å²) in [6.45, 7) is 3.01. The van der Waals surface area contributed by atoms with E-state index in [-0.39, 0.29) is 5.78 Å². The predicted molar refractivity (Wildman–Crippen MR) is 61.8 cm³/mol. The Labute approximate surface area is 90.2 Å². The van der Waals surface area contributed by atoms with Crippen LogP contribution in [0.25, 0.3) is 0 Å². The molecule has 0 aliphatic heterocycles. The SMILES string of the molecule is CCN(C1=CC(=O)CC1)c1ccccc1. The monoisotopic (exact) mass is 201 g/mol. The average molecular weight is 201 g/mol. The second kappa shape index (κ2) is 4.30. The molecule has 0 unspecified atom stereocenters. The first-order valence-corrected chi connectivity index (χ1v) is 5.37. The van der Waals surface area contributed by atoms with E-state index in [4.69, 9.17) is 0 Å². The normalized spacial score (nSPS) is 15.3. The fourth-order valence-corrected chi connectivity index (χ4v) is 1.95. The average Bonchev–Trinajstić information content (AvgIpc) is 2.68. The van der Waals surface area contributed by atoms with Crippen molar-refractivity contribution in [3.05, 3.63) is 42.1 Å². The van der Waals surface area contributed by atoms with Crippen molar-refractivity contribution in [1.82, 2.24) is 0 Å². The maximum absolute atomic E-state index is 11.2. The number of hydrogen-bond donors (Lipinski definition) is 0. The zero-order valence-corrected chi connectivity index (χ0v) is 8.94. The fourth-order valence-electron chi connectivity index (χ4n) is 1.95. The van der Waals surface area contributed by atoms with Crippen molar-refractivity contribution in [2.45, 2.75) is 19.8 Å². The summed E-state index contributed by atoms with van der Waals surface area (Å²) in [4.78, 5) is 13.4. The predicted octanol–water partition coefficient (Wildman–Crippen LogP) is 2.76. The Morgan fingerprint density at radius 1 is 1.20 bits per heavy atom. The third kappa shape index (κ3) is 2.09. The highest BCUT2D eigenvalue weighted by molar-refractivity contribution is 5.93. The van der Waals surface area contributed by atoms with E-state index in [1.54, 1.807) is 6.08 Å². The summed E-state index contributed by atoms with van der Waals surface area (Å²) in [5.41, 5.74) is 2.31. The Morgan fingerprint density at radius 3 is 2.47 bits per heavy atom. The van der Waals surface area contributed by atoms with Crippen LogP contribution in [0.1, 0.15) is 19.8 Å². The van der Waals surface area contributed by atoms with Crippen LogP contribution in [0.2, 0.25) is 0 Å². The van der Waals surface area contributed by atoms with Crippen LogP contribution >= 0.6 is 0 Å². The van der Waals surface area contributed by atoms with E-state index in [0.29, 0.717) is 6.42 Å². The summed E-state index contributed by atoms with van der Waals surface area (Å²) in [6, 6.07) is 10.2. The molecule has 0 aromatic heterocycles. The van der Waals surface area contributed by atoms with E-state index in [9.17, 15) is 4.79 Å². The summed E-state index contributed by atoms with van der Waals surface area (Å²) in [5.74, 6) is 0.249. The summed E-state index contributed by atoms with van der Waals surface area (Å²) >= 11 is 0. The molecule has 78 valence electrons. The highest BCUT2D eigenvalue weighted by Crippen LogP contribution is 2.25. The number of hydrogen-bond acceptors (Lipinski definition) is 2. The van der Waals surface area contributed by atoms with Gasteiger partial charge < -0.3 is 4.90 Å². The number of carbonyl (C=O) groups excluding carboxylic acids is 1. The van der Waals surface area contributed by atoms with Crippen LogP contribution in [0.3, 0.4) is 0 Å². The fraction of sp³-hybridized carbons (Fsp3) is 0.308. The van der Waals surface area contributed by atoms with Gasteiger partial charge in [0.1, 0.15) is 0 Å². The number of rotatable bonds is 3. The van der Waals surface area contributed by atoms with E-state index in [1.165, 1.54) is 5.69 Å². The Kier molecular flexibility index (Phi) is 2.86. The van der Waals surface area contributed by atoms with Crippen molar-refractivity contribution < 1.29 is 4.79 Å². The maximum Gasteiger partial charge on any atom is 0.157 e. The number of carbonyl (C=O) groups is 1. The minimum atomic E-state index is 0.249. The third-order valence-corrected chi connectivity index (χ3v) is 2.69. The number of anilines is 1. The second-order valence-electron chi connectivity index (χ2n) is 3.68. The molecule has 0 fully saturated rings. The molecule has 0 saturated carbocycles. The van der Waals surface area contributed by atoms with E-state index < -0.39 is 0 Å². The van der Waals surface area contributed by atoms with Crippen LogP contribution in [-0.2, 0) is 4.79 Å². The maximum atomic E-state index is 11.2. The topological polar surface area (TPSA) is 20.3 Å². The van der Waals surface area contributed by atoms with Gasteiger partial charge in [0.2, 0.25) is 0 Å². The second-order valence-corrected chi connectivity index (χ2v) is 3.68. The van der Waals surface area contributed by atoms with Gasteiger partial charge in [0, 0.05) is 30.4 Å². The molecule has 1 aromatic carbocycles. The van der Waals surface area contributed by atoms with Gasteiger partial charge >= 0.3 is 0 Å². The van der Waals surface area contributed by atoms with Gasteiger partial charge in [0.05, 0.1) is 0 Å². The lowest BCUT2D eigenvalue weighted by molar-refractivity contribution is -0.114. The molecule has 0 spiro atoms. The summed E-state index contributed by atoms with van der Waals surface area (Å²) in [5, 5.41) is 0. The van der Waals surface area contributed by atoms with E-state index in [1.807, 2.05) is 18.2 Å². The Morgan fingerprint density at radius 2 is 1.93 bits per heavy atom. The zero-order valence-electron chi connectivity index (χ0n) is 8.94. The van der Waals surface area contributed by atoms with Crippen LogP contribution in [0.5, 0.6) is 0 Å². The molecule has 2 heteroatoms. The summed E-state index contributed by atoms with van der Waals surface area (Å²) in [6.07, 6.45) is 3.32. The molecule has 2 nitrogen and oxygen atoms in total. The standard InChI is InChI=1S/C13H15NO/c1-2-14(11-6-4-3-5-7-11)12-8-9-13(15)10-12/h3-7,10H,2,8-9H2,1H3. The summed E-state index contributed by atoms with van der Waals surface area (Å²) < 4.78 is 0. The van der Waals surface area contributed by atoms with Crippen molar-refractivity contribution in [2.75, 3.05) is 11.4 Å². The van der Waals surface area contributed by atoms with Crippen molar-refractivity contribution in [3.63, 3.8) is 0 Å². The van der Waals surface area contributed by atoms with Crippen LogP contribution in [0.4, 0.5) is 5.69 Å². The molecule has 0 atom stereocenters. The van der Waals surface area contributed by atoms with Gasteiger partial charge in [-0.15, -0.1) is 0 Å². The Balaban J connectivity index is 2.25. The largest absolute Gasteiger partial charge is 0.345 e. The van der Waals surface area contributed by atoms with Gasteiger partial charge in [-0.05, 0) is 25.5 Å². The lowest BCUT2D eigenvalue weighted by Gasteiger charge is -2.24. The smallest absolute Gasteiger partial charge is 0.157 e. The molecular formula is C13H15NO. The van der Waals surface area contributed by atoms with E-state index in [0.717, 1.165) is 18.7 Å². The molecule has 0 saturated heterocycles. The molecule has 1 aromatic rings. The van der Waals surface area contributed by atoms with E-state index in [2.05, 4.69) is 24.0 Å². The molecule has 0 heterocycles. The quantitative estimate of drug-likeness (QED) is 0.749. The van der Waals surface area contributed by atoms with Crippen LogP contribution in [0.15, 0.2) is 42.1 Å². The number of para-hydroxylation sites is 1. The minimum Gasteiger partial charge on any atom is -0.345 e.